The molecular formula is C39H54N16O3. The number of H-pyrrole nitrogens is 2. The Balaban J connectivity index is 0.000000247. The Morgan fingerprint density at radius 1 is 0.690 bits per heavy atom. The number of rotatable bonds is 11. The van der Waals surface area contributed by atoms with E-state index in [0.717, 1.165) is 41.6 Å². The quantitative estimate of drug-likeness (QED) is 0.0590. The first-order valence-corrected chi connectivity index (χ1v) is 18.3. The maximum atomic E-state index is 11.9. The Morgan fingerprint density at radius 2 is 1.12 bits per heavy atom. The highest BCUT2D eigenvalue weighted by Crippen LogP contribution is 2.36. The van der Waals surface area contributed by atoms with E-state index in [1.807, 2.05) is 57.3 Å². The highest BCUT2D eigenvalue weighted by atomic mass is 16.6. The minimum absolute atomic E-state index is 0.0524. The molecule has 19 nitrogen and oxygen atoms in total. The topological polar surface area (TPSA) is 255 Å². The predicted octanol–water partition coefficient (Wildman–Crippen LogP) is 6.69. The fourth-order valence-electron chi connectivity index (χ4n) is 6.02. The maximum Gasteiger partial charge on any atom is 0.353 e. The van der Waals surface area contributed by atoms with Gasteiger partial charge in [0.15, 0.2) is 23.3 Å². The standard InChI is InChI=1S/C19H24N8O2.C19H26N8.CH4O/c1-12-6-7-13(16-21-11-23-25-16)8-14(12)24-17-15(27(28)29)18(22-10-20-17)26(5)9-19(2,3)4;1-12-6-7-13(16-22-11-24-26-16)8-14(12)25-17-15(20)18(23-10-21-17)27(5)9-19(2,3)4;1-2/h6-8,10-11H,9H2,1-5H3,(H,20,22,24)(H,21,23,25);6-8,10-11H,9,20H2,1-5H3,(H,21,23,25)(H,22,24,26);2H,1H3. The summed E-state index contributed by atoms with van der Waals surface area (Å²) in [5.74, 6) is 3.02. The number of anilines is 7. The Hall–Kier alpha value is -6.76. The third kappa shape index (κ3) is 11.6. The van der Waals surface area contributed by atoms with Gasteiger partial charge in [0.25, 0.3) is 0 Å². The van der Waals surface area contributed by atoms with Gasteiger partial charge in [-0.3, -0.25) is 20.3 Å². The van der Waals surface area contributed by atoms with Crippen molar-refractivity contribution < 1.29 is 10.0 Å². The zero-order valence-corrected chi connectivity index (χ0v) is 34.9. The van der Waals surface area contributed by atoms with Crippen LogP contribution in [0.1, 0.15) is 52.7 Å². The first-order valence-electron chi connectivity index (χ1n) is 18.3. The molecule has 0 atom stereocenters. The summed E-state index contributed by atoms with van der Waals surface area (Å²) in [6.07, 6.45) is 5.78. The van der Waals surface area contributed by atoms with Gasteiger partial charge in [0.2, 0.25) is 11.6 Å². The molecule has 0 aliphatic rings. The highest BCUT2D eigenvalue weighted by Gasteiger charge is 2.28. The third-order valence-electron chi connectivity index (χ3n) is 8.35. The summed E-state index contributed by atoms with van der Waals surface area (Å²) in [6, 6.07) is 11.7. The van der Waals surface area contributed by atoms with Gasteiger partial charge in [0.05, 0.1) is 4.92 Å². The van der Waals surface area contributed by atoms with E-state index in [0.29, 0.717) is 41.2 Å². The van der Waals surface area contributed by atoms with E-state index in [9.17, 15) is 10.1 Å². The van der Waals surface area contributed by atoms with Gasteiger partial charge in [-0.05, 0) is 47.9 Å². The number of aliphatic hydroxyl groups excluding tert-OH is 1. The number of benzene rings is 2. The summed E-state index contributed by atoms with van der Waals surface area (Å²) < 4.78 is 0. The van der Waals surface area contributed by atoms with Gasteiger partial charge in [-0.1, -0.05) is 65.8 Å². The van der Waals surface area contributed by atoms with Crippen LogP contribution in [0.5, 0.6) is 0 Å². The van der Waals surface area contributed by atoms with Gasteiger partial charge in [0, 0.05) is 56.8 Å². The van der Waals surface area contributed by atoms with Crippen molar-refractivity contribution in [3.8, 4) is 22.8 Å². The number of aromatic amines is 2. The molecule has 0 unspecified atom stereocenters. The molecule has 4 aromatic heterocycles. The van der Waals surface area contributed by atoms with Crippen LogP contribution in [0.2, 0.25) is 0 Å². The van der Waals surface area contributed by atoms with Crippen molar-refractivity contribution in [3.05, 3.63) is 82.9 Å². The normalized spacial score (nSPS) is 11.1. The molecule has 0 aliphatic carbocycles. The molecule has 0 fully saturated rings. The zero-order valence-electron chi connectivity index (χ0n) is 34.9. The van der Waals surface area contributed by atoms with Crippen LogP contribution >= 0.6 is 0 Å². The summed E-state index contributed by atoms with van der Waals surface area (Å²) in [5.41, 5.74) is 12.1. The van der Waals surface area contributed by atoms with Crippen molar-refractivity contribution in [2.45, 2.75) is 55.4 Å². The van der Waals surface area contributed by atoms with Crippen molar-refractivity contribution in [2.24, 2.45) is 10.8 Å². The maximum absolute atomic E-state index is 11.9. The van der Waals surface area contributed by atoms with Crippen molar-refractivity contribution in [1.29, 1.82) is 0 Å². The summed E-state index contributed by atoms with van der Waals surface area (Å²) in [6.45, 7) is 18.1. The number of hydrogen-bond donors (Lipinski definition) is 6. The lowest BCUT2D eigenvalue weighted by Crippen LogP contribution is -2.30. The van der Waals surface area contributed by atoms with Crippen LogP contribution < -0.4 is 26.2 Å². The van der Waals surface area contributed by atoms with Gasteiger partial charge in [0.1, 0.15) is 31.0 Å². The van der Waals surface area contributed by atoms with Crippen LogP contribution in [0.15, 0.2) is 61.7 Å². The zero-order chi connectivity index (χ0) is 42.8. The Morgan fingerprint density at radius 3 is 1.55 bits per heavy atom. The predicted molar refractivity (Wildman–Crippen MR) is 228 cm³/mol. The van der Waals surface area contributed by atoms with E-state index in [-0.39, 0.29) is 28.2 Å². The number of aromatic nitrogens is 10. The van der Waals surface area contributed by atoms with E-state index in [4.69, 9.17) is 10.8 Å². The molecule has 0 saturated heterocycles. The molecule has 2 aromatic carbocycles. The first kappa shape index (κ1) is 44.0. The van der Waals surface area contributed by atoms with E-state index in [1.165, 1.54) is 25.3 Å². The molecule has 0 radical (unpaired) electrons. The summed E-state index contributed by atoms with van der Waals surface area (Å²) in [7, 11) is 4.78. The minimum atomic E-state index is -0.452. The highest BCUT2D eigenvalue weighted by molar-refractivity contribution is 5.80. The second-order valence-corrected chi connectivity index (χ2v) is 15.9. The second-order valence-electron chi connectivity index (χ2n) is 15.9. The number of nitrogens with two attached hydrogens (primary N) is 1. The number of hydrogen-bond acceptors (Lipinski definition) is 16. The van der Waals surface area contributed by atoms with Gasteiger partial charge in [-0.25, -0.2) is 29.9 Å². The summed E-state index contributed by atoms with van der Waals surface area (Å²) >= 11 is 0. The Labute approximate surface area is 338 Å². The van der Waals surface area contributed by atoms with Crippen molar-refractivity contribution in [2.75, 3.05) is 60.5 Å². The van der Waals surface area contributed by atoms with E-state index in [1.54, 1.807) is 11.9 Å². The molecule has 4 heterocycles. The smallest absolute Gasteiger partial charge is 0.353 e. The number of nitrogens with zero attached hydrogens (tertiary/aromatic N) is 11. The molecule has 58 heavy (non-hydrogen) atoms. The monoisotopic (exact) mass is 794 g/mol. The summed E-state index contributed by atoms with van der Waals surface area (Å²) in [5, 5.41) is 38.8. The molecule has 308 valence electrons. The van der Waals surface area contributed by atoms with Crippen LogP contribution in [0.25, 0.3) is 22.8 Å². The molecule has 7 N–H and O–H groups in total. The fraction of sp³-hybridized carbons (Fsp3) is 0.385. The van der Waals surface area contributed by atoms with Crippen LogP contribution in [0.3, 0.4) is 0 Å². The van der Waals surface area contributed by atoms with Crippen molar-refractivity contribution >= 4 is 46.0 Å². The molecule has 19 heteroatoms. The molecule has 6 aromatic rings. The molecular weight excluding hydrogens is 741 g/mol. The van der Waals surface area contributed by atoms with Crippen molar-refractivity contribution in [3.63, 3.8) is 0 Å². The van der Waals surface area contributed by atoms with Crippen LogP contribution in [-0.2, 0) is 0 Å². The van der Waals surface area contributed by atoms with Gasteiger partial charge in [-0.15, -0.1) is 0 Å². The lowest BCUT2D eigenvalue weighted by atomic mass is 9.96. The first-order chi connectivity index (χ1) is 27.4. The molecule has 0 saturated carbocycles. The van der Waals surface area contributed by atoms with Gasteiger partial charge in [-0.2, -0.15) is 10.2 Å². The van der Waals surface area contributed by atoms with E-state index in [2.05, 4.69) is 107 Å². The van der Waals surface area contributed by atoms with Gasteiger partial charge < -0.3 is 31.3 Å². The largest absolute Gasteiger partial charge is 0.400 e. The van der Waals surface area contributed by atoms with Crippen LogP contribution in [0.4, 0.5) is 46.0 Å². The minimum Gasteiger partial charge on any atom is -0.400 e. The molecule has 0 bridgehead atoms. The molecule has 6 rings (SSSR count). The number of nitro groups is 1. The number of aliphatic hydroxyl groups is 1. The number of nitrogens with one attached hydrogen (secondary N) is 4. The van der Waals surface area contributed by atoms with Crippen LogP contribution in [0, 0.1) is 34.8 Å². The lowest BCUT2D eigenvalue weighted by Gasteiger charge is -2.28. The van der Waals surface area contributed by atoms with Crippen molar-refractivity contribution in [1.82, 2.24) is 50.3 Å². The molecule has 0 spiro atoms. The average molecular weight is 795 g/mol. The van der Waals surface area contributed by atoms with Crippen LogP contribution in [-0.4, -0.2) is 94.6 Å². The number of aryl methyl sites for hydroxylation is 2. The van der Waals surface area contributed by atoms with Gasteiger partial charge >= 0.3 is 5.69 Å². The molecule has 0 aliphatic heterocycles. The lowest BCUT2D eigenvalue weighted by molar-refractivity contribution is -0.383. The third-order valence-corrected chi connectivity index (χ3v) is 8.35. The Bertz CT molecular complexity index is 2250. The SMILES string of the molecule is CO.Cc1ccc(-c2ncn[nH]2)cc1Nc1ncnc(N(C)CC(C)(C)C)c1N.Cc1ccc(-c2ncn[nH]2)cc1Nc1ncnc(N(C)CC(C)(C)C)c1[N+](=O)[O-]. The van der Waals surface area contributed by atoms with E-state index >= 15 is 0 Å². The number of nitrogen functional groups attached to an aromatic ring is 1. The summed E-state index contributed by atoms with van der Waals surface area (Å²) in [4.78, 5) is 40.6. The van der Waals surface area contributed by atoms with E-state index < -0.39 is 4.92 Å². The fourth-order valence-corrected chi connectivity index (χ4v) is 6.02. The second kappa shape index (κ2) is 18.9. The average Bonchev–Trinajstić information content (AvgIpc) is 3.90. The molecule has 0 amide bonds. The Kier molecular flexibility index (Phi) is 14.3.